The Labute approximate surface area is 200 Å². The largest absolute Gasteiger partial charge is 0.466 e. The lowest BCUT2D eigenvalue weighted by molar-refractivity contribution is -0.156. The van der Waals surface area contributed by atoms with Gasteiger partial charge in [-0.05, 0) is 39.2 Å². The van der Waals surface area contributed by atoms with E-state index in [0.717, 1.165) is 5.56 Å². The molecular formula is C26H34N2O6. The molecule has 0 radical (unpaired) electrons. The van der Waals surface area contributed by atoms with Crippen LogP contribution in [-0.2, 0) is 23.9 Å². The van der Waals surface area contributed by atoms with E-state index in [4.69, 9.17) is 9.47 Å². The zero-order chi connectivity index (χ0) is 24.6. The van der Waals surface area contributed by atoms with Crippen LogP contribution in [0.25, 0.3) is 0 Å². The van der Waals surface area contributed by atoms with Gasteiger partial charge in [-0.25, -0.2) is 0 Å². The van der Waals surface area contributed by atoms with Gasteiger partial charge in [0.15, 0.2) is 0 Å². The summed E-state index contributed by atoms with van der Waals surface area (Å²) in [4.78, 5) is 44.3. The zero-order valence-corrected chi connectivity index (χ0v) is 20.1. The summed E-state index contributed by atoms with van der Waals surface area (Å²) < 4.78 is 11.7. The predicted octanol–water partition coefficient (Wildman–Crippen LogP) is 2.08. The first-order chi connectivity index (χ1) is 16.3. The molecule has 3 aliphatic heterocycles. The Kier molecular flexibility index (Phi) is 6.82. The molecule has 0 aliphatic carbocycles. The highest BCUT2D eigenvalue weighted by Crippen LogP contribution is 2.60. The van der Waals surface area contributed by atoms with Gasteiger partial charge in [-0.3, -0.25) is 14.4 Å². The lowest BCUT2D eigenvalue weighted by Crippen LogP contribution is -2.58. The first-order valence-corrected chi connectivity index (χ1v) is 12.1. The van der Waals surface area contributed by atoms with Gasteiger partial charge in [0.1, 0.15) is 11.6 Å². The predicted molar refractivity (Wildman–Crippen MR) is 124 cm³/mol. The summed E-state index contributed by atoms with van der Waals surface area (Å²) in [5.74, 6) is -2.65. The Morgan fingerprint density at radius 2 is 2.06 bits per heavy atom. The van der Waals surface area contributed by atoms with Crippen LogP contribution in [0.5, 0.6) is 0 Å². The van der Waals surface area contributed by atoms with E-state index in [1.807, 2.05) is 44.2 Å². The average molecular weight is 471 g/mol. The van der Waals surface area contributed by atoms with E-state index in [9.17, 15) is 19.5 Å². The first-order valence-electron chi connectivity index (χ1n) is 12.1. The van der Waals surface area contributed by atoms with Gasteiger partial charge in [-0.2, -0.15) is 0 Å². The normalized spacial score (nSPS) is 30.4. The van der Waals surface area contributed by atoms with Crippen LogP contribution in [0.4, 0.5) is 0 Å². The molecule has 4 rings (SSSR count). The highest BCUT2D eigenvalue weighted by atomic mass is 16.6. The van der Waals surface area contributed by atoms with Crippen molar-refractivity contribution in [2.75, 3.05) is 19.8 Å². The zero-order valence-electron chi connectivity index (χ0n) is 20.1. The van der Waals surface area contributed by atoms with Crippen molar-refractivity contribution < 1.29 is 29.0 Å². The van der Waals surface area contributed by atoms with Crippen molar-refractivity contribution in [3.05, 3.63) is 48.6 Å². The van der Waals surface area contributed by atoms with Gasteiger partial charge in [0.2, 0.25) is 11.8 Å². The van der Waals surface area contributed by atoms with Crippen LogP contribution in [0.3, 0.4) is 0 Å². The highest BCUT2D eigenvalue weighted by molar-refractivity contribution is 5.98. The number of benzene rings is 1. The van der Waals surface area contributed by atoms with E-state index in [1.54, 1.807) is 17.9 Å². The Bertz CT molecular complexity index is 950. The number of fused-ring (bicyclic) bond motifs is 1. The molecule has 0 unspecified atom stereocenters. The smallest absolute Gasteiger partial charge is 0.312 e. The standard InChI is InChI=1S/C26H34N2O6/c1-5-14-27(16(3)4)24(31)22-26-13-12-19(34-26)20(25(32)33-6-2)21(26)23(30)28(22)18(15-29)17-10-8-7-9-11-17/h5,7-11,16,18-22,29H,1,6,12-15H2,2-4H3/t18-,19+,20-,21-,22+,26-/m1/s1. The Morgan fingerprint density at radius 1 is 1.35 bits per heavy atom. The minimum atomic E-state index is -1.13. The topological polar surface area (TPSA) is 96.4 Å². The van der Waals surface area contributed by atoms with Gasteiger partial charge < -0.3 is 24.4 Å². The van der Waals surface area contributed by atoms with Crippen LogP contribution >= 0.6 is 0 Å². The monoisotopic (exact) mass is 470 g/mol. The first kappa shape index (κ1) is 24.4. The molecule has 1 spiro atoms. The number of likely N-dealkylation sites (tertiary alicyclic amines) is 1. The second kappa shape index (κ2) is 9.50. The van der Waals surface area contributed by atoms with Crippen LogP contribution in [-0.4, -0.2) is 76.2 Å². The molecule has 8 nitrogen and oxygen atoms in total. The molecule has 1 aromatic carbocycles. The summed E-state index contributed by atoms with van der Waals surface area (Å²) in [6, 6.07) is 7.32. The lowest BCUT2D eigenvalue weighted by Gasteiger charge is -2.40. The third-order valence-electron chi connectivity index (χ3n) is 7.46. The summed E-state index contributed by atoms with van der Waals surface area (Å²) in [5.41, 5.74) is -0.415. The fourth-order valence-electron chi connectivity index (χ4n) is 6.09. The Morgan fingerprint density at radius 3 is 2.65 bits per heavy atom. The van der Waals surface area contributed by atoms with E-state index in [-0.39, 0.29) is 31.1 Å². The summed E-state index contributed by atoms with van der Waals surface area (Å²) in [7, 11) is 0. The van der Waals surface area contributed by atoms with Crippen molar-refractivity contribution in [1.82, 2.24) is 9.80 Å². The molecule has 3 heterocycles. The number of aliphatic hydroxyl groups excluding tert-OH is 1. The summed E-state index contributed by atoms with van der Waals surface area (Å²) in [6.45, 7) is 9.48. The summed E-state index contributed by atoms with van der Waals surface area (Å²) >= 11 is 0. The number of nitrogens with zero attached hydrogens (tertiary/aromatic N) is 2. The maximum absolute atomic E-state index is 14.1. The molecule has 3 aliphatic rings. The molecule has 0 saturated carbocycles. The second-order valence-corrected chi connectivity index (χ2v) is 9.54. The van der Waals surface area contributed by atoms with E-state index in [0.29, 0.717) is 19.4 Å². The molecule has 34 heavy (non-hydrogen) atoms. The number of rotatable bonds is 9. The van der Waals surface area contributed by atoms with Crippen molar-refractivity contribution in [3.8, 4) is 0 Å². The minimum absolute atomic E-state index is 0.137. The molecule has 2 bridgehead atoms. The van der Waals surface area contributed by atoms with Crippen molar-refractivity contribution in [3.63, 3.8) is 0 Å². The molecular weight excluding hydrogens is 436 g/mol. The highest BCUT2D eigenvalue weighted by Gasteiger charge is 2.75. The molecule has 3 saturated heterocycles. The fourth-order valence-corrected chi connectivity index (χ4v) is 6.09. The number of aliphatic hydroxyl groups is 1. The van der Waals surface area contributed by atoms with Crippen LogP contribution in [0.15, 0.2) is 43.0 Å². The molecule has 184 valence electrons. The summed E-state index contributed by atoms with van der Waals surface area (Å²) in [6.07, 6.45) is 2.26. The number of ether oxygens (including phenoxy) is 2. The van der Waals surface area contributed by atoms with Gasteiger partial charge in [0.25, 0.3) is 0 Å². The van der Waals surface area contributed by atoms with E-state index in [2.05, 4.69) is 6.58 Å². The van der Waals surface area contributed by atoms with E-state index in [1.165, 1.54) is 4.90 Å². The number of carbonyl (C=O) groups excluding carboxylic acids is 3. The van der Waals surface area contributed by atoms with Crippen LogP contribution in [0.2, 0.25) is 0 Å². The SMILES string of the molecule is C=CCN(C(=O)[C@@H]1N([C@H](CO)c2ccccc2)C(=O)[C@H]2[C@H](C(=O)OCC)[C@@H]3CC[C@]12O3)C(C)C. The third kappa shape index (κ3) is 3.64. The van der Waals surface area contributed by atoms with Crippen molar-refractivity contribution >= 4 is 17.8 Å². The Balaban J connectivity index is 1.84. The number of amides is 2. The summed E-state index contributed by atoms with van der Waals surface area (Å²) in [5, 5.41) is 10.4. The van der Waals surface area contributed by atoms with Gasteiger partial charge in [0.05, 0.1) is 37.2 Å². The van der Waals surface area contributed by atoms with Crippen molar-refractivity contribution in [1.29, 1.82) is 0 Å². The molecule has 1 N–H and O–H groups in total. The molecule has 1 aromatic rings. The second-order valence-electron chi connectivity index (χ2n) is 9.54. The van der Waals surface area contributed by atoms with Gasteiger partial charge in [0, 0.05) is 12.6 Å². The molecule has 0 aromatic heterocycles. The van der Waals surface area contributed by atoms with E-state index < -0.39 is 41.6 Å². The molecule has 6 atom stereocenters. The quantitative estimate of drug-likeness (QED) is 0.439. The fraction of sp³-hybridized carbons (Fsp3) is 0.577. The minimum Gasteiger partial charge on any atom is -0.466 e. The number of esters is 1. The average Bonchev–Trinajstić information content (AvgIpc) is 3.46. The van der Waals surface area contributed by atoms with Crippen LogP contribution in [0.1, 0.15) is 45.2 Å². The maximum Gasteiger partial charge on any atom is 0.312 e. The van der Waals surface area contributed by atoms with Gasteiger partial charge in [-0.1, -0.05) is 36.4 Å². The maximum atomic E-state index is 14.1. The van der Waals surface area contributed by atoms with Gasteiger partial charge in [-0.15, -0.1) is 6.58 Å². The van der Waals surface area contributed by atoms with E-state index >= 15 is 0 Å². The number of hydrogen-bond acceptors (Lipinski definition) is 6. The van der Waals surface area contributed by atoms with Crippen molar-refractivity contribution in [2.24, 2.45) is 11.8 Å². The number of hydrogen-bond donors (Lipinski definition) is 1. The lowest BCUT2D eigenvalue weighted by atomic mass is 9.70. The van der Waals surface area contributed by atoms with Gasteiger partial charge >= 0.3 is 5.97 Å². The van der Waals surface area contributed by atoms with Crippen molar-refractivity contribution in [2.45, 2.75) is 63.4 Å². The van der Waals surface area contributed by atoms with Crippen LogP contribution < -0.4 is 0 Å². The Hall–Kier alpha value is -2.71. The number of carbonyl (C=O) groups is 3. The third-order valence-corrected chi connectivity index (χ3v) is 7.46. The molecule has 2 amide bonds. The molecule has 8 heteroatoms. The molecule has 3 fully saturated rings. The van der Waals surface area contributed by atoms with Crippen LogP contribution in [0, 0.1) is 11.8 Å².